The third kappa shape index (κ3) is 8.35. The van der Waals surface area contributed by atoms with Gasteiger partial charge in [-0.2, -0.15) is 26.3 Å². The Morgan fingerprint density at radius 1 is 0.857 bits per heavy atom. The fourth-order valence-electron chi connectivity index (χ4n) is 3.68. The topological polar surface area (TPSA) is 120 Å². The van der Waals surface area contributed by atoms with Crippen molar-refractivity contribution in [1.29, 1.82) is 0 Å². The average molecular weight is 509 g/mol. The van der Waals surface area contributed by atoms with Crippen molar-refractivity contribution in [2.75, 3.05) is 18.0 Å². The normalized spacial score (nSPS) is 19.7. The zero-order chi connectivity index (χ0) is 26.2. The quantitative estimate of drug-likeness (QED) is 0.602. The second-order valence-corrected chi connectivity index (χ2v) is 7.39. The van der Waals surface area contributed by atoms with Crippen LogP contribution < -0.4 is 4.90 Å². The summed E-state index contributed by atoms with van der Waals surface area (Å²) in [5.41, 5.74) is 1.35. The van der Waals surface area contributed by atoms with E-state index in [9.17, 15) is 26.3 Å². The van der Waals surface area contributed by atoms with Crippen LogP contribution in [-0.4, -0.2) is 79.5 Å². The molecular weight excluding hydrogens is 488 g/mol. The number of halogens is 6. The summed E-state index contributed by atoms with van der Waals surface area (Å²) in [5, 5.41) is 14.2. The molecule has 2 aromatic rings. The molecule has 0 amide bonds. The van der Waals surface area contributed by atoms with Gasteiger partial charge in [-0.25, -0.2) is 19.6 Å². The van der Waals surface area contributed by atoms with Gasteiger partial charge in [-0.3, -0.25) is 9.88 Å². The largest absolute Gasteiger partial charge is 0.490 e. The van der Waals surface area contributed by atoms with Crippen LogP contribution in [0.3, 0.4) is 0 Å². The van der Waals surface area contributed by atoms with Crippen LogP contribution in [0, 0.1) is 0 Å². The molecule has 2 fully saturated rings. The molecule has 2 aromatic heterocycles. The number of alkyl halides is 6. The minimum Gasteiger partial charge on any atom is -0.475 e. The molecule has 35 heavy (non-hydrogen) atoms. The highest BCUT2D eigenvalue weighted by molar-refractivity contribution is 5.73. The monoisotopic (exact) mass is 509 g/mol. The average Bonchev–Trinajstić information content (AvgIpc) is 3.38. The molecule has 192 valence electrons. The number of nitrogens with zero attached hydrogens (tertiary/aromatic N) is 5. The van der Waals surface area contributed by atoms with Crippen LogP contribution >= 0.6 is 0 Å². The van der Waals surface area contributed by atoms with Gasteiger partial charge in [-0.15, -0.1) is 0 Å². The Kier molecular flexibility index (Phi) is 9.33. The van der Waals surface area contributed by atoms with Crippen molar-refractivity contribution < 1.29 is 46.1 Å². The number of carboxylic acid groups (broad SMARTS) is 2. The van der Waals surface area contributed by atoms with Gasteiger partial charge in [0.05, 0.1) is 0 Å². The number of carboxylic acids is 2. The summed E-state index contributed by atoms with van der Waals surface area (Å²) in [4.78, 5) is 35.7. The molecule has 0 bridgehead atoms. The minimum atomic E-state index is -5.08. The van der Waals surface area contributed by atoms with Crippen LogP contribution in [0.2, 0.25) is 0 Å². The molecule has 15 heteroatoms. The molecule has 2 aliphatic rings. The summed E-state index contributed by atoms with van der Waals surface area (Å²) in [7, 11) is 0. The number of fused-ring (bicyclic) bond motifs is 1. The number of pyridine rings is 1. The van der Waals surface area contributed by atoms with Crippen molar-refractivity contribution in [2.45, 2.75) is 43.8 Å². The van der Waals surface area contributed by atoms with E-state index in [1.807, 2.05) is 30.9 Å². The van der Waals surface area contributed by atoms with E-state index in [2.05, 4.69) is 36.9 Å². The lowest BCUT2D eigenvalue weighted by molar-refractivity contribution is -0.193. The molecule has 0 radical (unpaired) electrons. The summed E-state index contributed by atoms with van der Waals surface area (Å²) in [6.07, 6.45) is -0.343. The van der Waals surface area contributed by atoms with E-state index >= 15 is 0 Å². The lowest BCUT2D eigenvalue weighted by atomic mass is 10.1. The van der Waals surface area contributed by atoms with Crippen molar-refractivity contribution in [3.63, 3.8) is 0 Å². The molecule has 0 aliphatic carbocycles. The maximum atomic E-state index is 10.6. The van der Waals surface area contributed by atoms with Crippen molar-refractivity contribution >= 4 is 17.9 Å². The first-order valence-corrected chi connectivity index (χ1v) is 10.1. The van der Waals surface area contributed by atoms with Gasteiger partial charge in [0.1, 0.15) is 0 Å². The summed E-state index contributed by atoms with van der Waals surface area (Å²) in [6, 6.07) is 7.29. The Balaban J connectivity index is 0.000000257. The summed E-state index contributed by atoms with van der Waals surface area (Å²) < 4.78 is 63.5. The molecule has 2 aliphatic heterocycles. The number of aliphatic carboxylic acids is 2. The van der Waals surface area contributed by atoms with Crippen LogP contribution in [-0.2, 0) is 16.1 Å². The first-order valence-electron chi connectivity index (χ1n) is 10.1. The number of hydrogen-bond donors (Lipinski definition) is 2. The van der Waals surface area contributed by atoms with E-state index in [0.29, 0.717) is 12.1 Å². The van der Waals surface area contributed by atoms with Crippen LogP contribution in [0.5, 0.6) is 0 Å². The number of aromatic nitrogens is 3. The molecule has 2 atom stereocenters. The number of anilines is 1. The molecule has 0 spiro atoms. The standard InChI is InChI=1S/C16H19N5.2C2HF3O2/c1-6-18-16(19-7-1)21-11-5-14-15(21)4-10-20(14)12-13-2-8-17-9-3-13;2*3-2(4,5)1(6)7/h1-3,6-9,14-15H,4-5,10-12H2;2*(H,6,7)/t14-,15+;;/m1../s1. The summed E-state index contributed by atoms with van der Waals surface area (Å²) in [6.45, 7) is 3.24. The van der Waals surface area contributed by atoms with Gasteiger partial charge < -0.3 is 15.1 Å². The maximum absolute atomic E-state index is 10.6. The Bertz CT molecular complexity index is 938. The van der Waals surface area contributed by atoms with Gasteiger partial charge in [0.15, 0.2) is 0 Å². The third-order valence-electron chi connectivity index (χ3n) is 5.12. The maximum Gasteiger partial charge on any atom is 0.490 e. The third-order valence-corrected chi connectivity index (χ3v) is 5.12. The highest BCUT2D eigenvalue weighted by atomic mass is 19.4. The minimum absolute atomic E-state index is 0.564. The number of rotatable bonds is 3. The molecular formula is C20H21F6N5O4. The van der Waals surface area contributed by atoms with Crippen LogP contribution in [0.15, 0.2) is 43.0 Å². The Morgan fingerprint density at radius 3 is 1.83 bits per heavy atom. The zero-order valence-electron chi connectivity index (χ0n) is 17.9. The lowest BCUT2D eigenvalue weighted by Gasteiger charge is -2.25. The van der Waals surface area contributed by atoms with Crippen molar-refractivity contribution in [3.8, 4) is 0 Å². The first-order chi connectivity index (χ1) is 16.3. The summed E-state index contributed by atoms with van der Waals surface area (Å²) >= 11 is 0. The molecule has 4 rings (SSSR count). The van der Waals surface area contributed by atoms with Gasteiger partial charge >= 0.3 is 24.3 Å². The molecule has 0 unspecified atom stereocenters. The van der Waals surface area contributed by atoms with E-state index in [1.165, 1.54) is 18.4 Å². The molecule has 4 heterocycles. The van der Waals surface area contributed by atoms with E-state index in [4.69, 9.17) is 19.8 Å². The van der Waals surface area contributed by atoms with Crippen LogP contribution in [0.25, 0.3) is 0 Å². The van der Waals surface area contributed by atoms with E-state index in [-0.39, 0.29) is 0 Å². The zero-order valence-corrected chi connectivity index (χ0v) is 17.9. The Labute approximate surface area is 195 Å². The molecule has 0 aromatic carbocycles. The Morgan fingerprint density at radius 2 is 1.34 bits per heavy atom. The number of hydrogen-bond acceptors (Lipinski definition) is 7. The fourth-order valence-corrected chi connectivity index (χ4v) is 3.68. The highest BCUT2D eigenvalue weighted by Gasteiger charge is 2.43. The highest BCUT2D eigenvalue weighted by Crippen LogP contribution is 2.34. The second kappa shape index (κ2) is 11.8. The smallest absolute Gasteiger partial charge is 0.475 e. The predicted molar refractivity (Wildman–Crippen MR) is 108 cm³/mol. The SMILES string of the molecule is O=C(O)C(F)(F)F.O=C(O)C(F)(F)F.c1cnc(N2CC[C@@H]3[C@@H]2CCN3Cc2ccncc2)nc1. The fraction of sp³-hybridized carbons (Fsp3) is 0.450. The van der Waals surface area contributed by atoms with Gasteiger partial charge in [-0.05, 0) is 36.6 Å². The summed E-state index contributed by atoms with van der Waals surface area (Å²) in [5.74, 6) is -4.63. The molecule has 0 saturated carbocycles. The Hall–Kier alpha value is -3.49. The molecule has 9 nitrogen and oxygen atoms in total. The van der Waals surface area contributed by atoms with Gasteiger partial charge in [-0.1, -0.05) is 0 Å². The first kappa shape index (κ1) is 27.8. The van der Waals surface area contributed by atoms with E-state index in [1.54, 1.807) is 0 Å². The molecule has 2 saturated heterocycles. The van der Waals surface area contributed by atoms with Crippen molar-refractivity contribution in [1.82, 2.24) is 19.9 Å². The molecule has 2 N–H and O–H groups in total. The lowest BCUT2D eigenvalue weighted by Crippen LogP contribution is -2.37. The second-order valence-electron chi connectivity index (χ2n) is 7.39. The van der Waals surface area contributed by atoms with E-state index < -0.39 is 24.3 Å². The van der Waals surface area contributed by atoms with Crippen LogP contribution in [0.1, 0.15) is 18.4 Å². The predicted octanol–water partition coefficient (Wildman–Crippen LogP) is 2.99. The van der Waals surface area contributed by atoms with Crippen molar-refractivity contribution in [3.05, 3.63) is 48.5 Å². The van der Waals surface area contributed by atoms with Gasteiger partial charge in [0, 0.05) is 56.5 Å². The van der Waals surface area contributed by atoms with Gasteiger partial charge in [0.25, 0.3) is 0 Å². The van der Waals surface area contributed by atoms with Crippen LogP contribution in [0.4, 0.5) is 32.3 Å². The van der Waals surface area contributed by atoms with Gasteiger partial charge in [0.2, 0.25) is 5.95 Å². The van der Waals surface area contributed by atoms with Crippen molar-refractivity contribution in [2.24, 2.45) is 0 Å². The number of likely N-dealkylation sites (tertiary alicyclic amines) is 1. The number of carbonyl (C=O) groups is 2. The van der Waals surface area contributed by atoms with E-state index in [0.717, 1.165) is 25.6 Å².